The summed E-state index contributed by atoms with van der Waals surface area (Å²) in [5, 5.41) is 3.48. The fraction of sp³-hybridized carbons (Fsp3) is 0.833. The standard InChI is InChI=1S/C12H23N/c1-4-5-6-7-12-8-11(3)13-9-10(12)2/h8,10-11,13H,4-7,9H2,1-3H3. The molecule has 0 aromatic carbocycles. The summed E-state index contributed by atoms with van der Waals surface area (Å²) in [6.45, 7) is 8.00. The van der Waals surface area contributed by atoms with Gasteiger partial charge in [0.15, 0.2) is 0 Å². The lowest BCUT2D eigenvalue weighted by Crippen LogP contribution is -2.34. The van der Waals surface area contributed by atoms with Crippen molar-refractivity contribution in [2.45, 2.75) is 52.5 Å². The lowest BCUT2D eigenvalue weighted by atomic mass is 9.91. The first-order chi connectivity index (χ1) is 6.24. The smallest absolute Gasteiger partial charge is 0.0224 e. The molecule has 1 rings (SSSR count). The fourth-order valence-electron chi connectivity index (χ4n) is 1.95. The molecule has 0 bridgehead atoms. The van der Waals surface area contributed by atoms with Crippen LogP contribution in [0.15, 0.2) is 11.6 Å². The van der Waals surface area contributed by atoms with Gasteiger partial charge in [-0.15, -0.1) is 0 Å². The monoisotopic (exact) mass is 181 g/mol. The summed E-state index contributed by atoms with van der Waals surface area (Å²) in [5.74, 6) is 0.757. The molecule has 13 heavy (non-hydrogen) atoms. The van der Waals surface area contributed by atoms with Crippen LogP contribution in [0.1, 0.15) is 46.5 Å². The van der Waals surface area contributed by atoms with E-state index in [-0.39, 0.29) is 0 Å². The molecule has 2 unspecified atom stereocenters. The fourth-order valence-corrected chi connectivity index (χ4v) is 1.95. The van der Waals surface area contributed by atoms with Gasteiger partial charge in [0.05, 0.1) is 0 Å². The van der Waals surface area contributed by atoms with E-state index >= 15 is 0 Å². The largest absolute Gasteiger partial charge is 0.310 e. The number of hydrogen-bond acceptors (Lipinski definition) is 1. The summed E-state index contributed by atoms with van der Waals surface area (Å²) >= 11 is 0. The highest BCUT2D eigenvalue weighted by atomic mass is 14.9. The van der Waals surface area contributed by atoms with E-state index in [1.807, 2.05) is 0 Å². The first-order valence-electron chi connectivity index (χ1n) is 5.68. The van der Waals surface area contributed by atoms with Crippen LogP contribution in [-0.2, 0) is 0 Å². The van der Waals surface area contributed by atoms with Crippen molar-refractivity contribution >= 4 is 0 Å². The zero-order valence-electron chi connectivity index (χ0n) is 9.27. The molecule has 1 heterocycles. The van der Waals surface area contributed by atoms with Gasteiger partial charge in [0, 0.05) is 12.6 Å². The van der Waals surface area contributed by atoms with Crippen LogP contribution in [0, 0.1) is 5.92 Å². The molecule has 1 heteroatoms. The molecule has 1 N–H and O–H groups in total. The maximum Gasteiger partial charge on any atom is 0.0224 e. The Hall–Kier alpha value is -0.300. The van der Waals surface area contributed by atoms with Crippen molar-refractivity contribution in [3.05, 3.63) is 11.6 Å². The van der Waals surface area contributed by atoms with Gasteiger partial charge in [-0.2, -0.15) is 0 Å². The van der Waals surface area contributed by atoms with Crippen molar-refractivity contribution in [3.63, 3.8) is 0 Å². The number of unbranched alkanes of at least 4 members (excludes halogenated alkanes) is 2. The second-order valence-corrected chi connectivity index (χ2v) is 4.30. The van der Waals surface area contributed by atoms with Crippen LogP contribution in [-0.4, -0.2) is 12.6 Å². The van der Waals surface area contributed by atoms with Crippen LogP contribution in [0.5, 0.6) is 0 Å². The minimum absolute atomic E-state index is 0.591. The molecule has 0 radical (unpaired) electrons. The van der Waals surface area contributed by atoms with Crippen molar-refractivity contribution in [2.75, 3.05) is 6.54 Å². The van der Waals surface area contributed by atoms with Crippen LogP contribution in [0.3, 0.4) is 0 Å². The normalized spacial score (nSPS) is 28.7. The first kappa shape index (κ1) is 10.8. The molecule has 0 spiro atoms. The van der Waals surface area contributed by atoms with Gasteiger partial charge >= 0.3 is 0 Å². The molecule has 0 aromatic rings. The Balaban J connectivity index is 2.36. The van der Waals surface area contributed by atoms with E-state index < -0.39 is 0 Å². The summed E-state index contributed by atoms with van der Waals surface area (Å²) in [5.41, 5.74) is 1.68. The molecular weight excluding hydrogens is 158 g/mol. The second-order valence-electron chi connectivity index (χ2n) is 4.30. The van der Waals surface area contributed by atoms with Crippen LogP contribution in [0.4, 0.5) is 0 Å². The zero-order chi connectivity index (χ0) is 9.68. The molecule has 2 atom stereocenters. The van der Waals surface area contributed by atoms with Gasteiger partial charge in [0.2, 0.25) is 0 Å². The SMILES string of the molecule is CCCCCC1=CC(C)NCC1C. The van der Waals surface area contributed by atoms with Crippen LogP contribution in [0.2, 0.25) is 0 Å². The Morgan fingerprint density at radius 2 is 2.15 bits per heavy atom. The molecule has 1 aliphatic heterocycles. The van der Waals surface area contributed by atoms with Gasteiger partial charge in [0.1, 0.15) is 0 Å². The van der Waals surface area contributed by atoms with E-state index in [0.29, 0.717) is 6.04 Å². The van der Waals surface area contributed by atoms with E-state index in [2.05, 4.69) is 32.2 Å². The van der Waals surface area contributed by atoms with E-state index in [1.54, 1.807) is 5.57 Å². The van der Waals surface area contributed by atoms with Crippen LogP contribution < -0.4 is 5.32 Å². The van der Waals surface area contributed by atoms with Crippen molar-refractivity contribution in [2.24, 2.45) is 5.92 Å². The van der Waals surface area contributed by atoms with E-state index in [1.165, 1.54) is 32.2 Å². The van der Waals surface area contributed by atoms with Gasteiger partial charge in [-0.3, -0.25) is 0 Å². The van der Waals surface area contributed by atoms with Crippen LogP contribution >= 0.6 is 0 Å². The molecular formula is C12H23N. The minimum atomic E-state index is 0.591. The van der Waals surface area contributed by atoms with Gasteiger partial charge in [-0.05, 0) is 25.7 Å². The van der Waals surface area contributed by atoms with Gasteiger partial charge in [0.25, 0.3) is 0 Å². The van der Waals surface area contributed by atoms with Gasteiger partial charge < -0.3 is 5.32 Å². The molecule has 76 valence electrons. The predicted molar refractivity (Wildman–Crippen MR) is 58.9 cm³/mol. The van der Waals surface area contributed by atoms with Gasteiger partial charge in [-0.1, -0.05) is 38.3 Å². The Morgan fingerprint density at radius 1 is 1.38 bits per heavy atom. The van der Waals surface area contributed by atoms with E-state index in [4.69, 9.17) is 0 Å². The van der Waals surface area contributed by atoms with Crippen molar-refractivity contribution < 1.29 is 0 Å². The Labute approximate surface area is 82.6 Å². The van der Waals surface area contributed by atoms with Crippen molar-refractivity contribution in [1.82, 2.24) is 5.32 Å². The average molecular weight is 181 g/mol. The van der Waals surface area contributed by atoms with E-state index in [9.17, 15) is 0 Å². The lowest BCUT2D eigenvalue weighted by molar-refractivity contribution is 0.486. The number of hydrogen-bond donors (Lipinski definition) is 1. The molecule has 0 saturated heterocycles. The highest BCUT2D eigenvalue weighted by Gasteiger charge is 2.15. The summed E-state index contributed by atoms with van der Waals surface area (Å²) in [6, 6.07) is 0.591. The topological polar surface area (TPSA) is 12.0 Å². The third-order valence-electron chi connectivity index (χ3n) is 2.91. The predicted octanol–water partition coefficient (Wildman–Crippen LogP) is 3.12. The Morgan fingerprint density at radius 3 is 2.85 bits per heavy atom. The van der Waals surface area contributed by atoms with Crippen molar-refractivity contribution in [1.29, 1.82) is 0 Å². The first-order valence-corrected chi connectivity index (χ1v) is 5.68. The molecule has 0 amide bonds. The lowest BCUT2D eigenvalue weighted by Gasteiger charge is -2.25. The summed E-state index contributed by atoms with van der Waals surface area (Å²) in [4.78, 5) is 0. The average Bonchev–Trinajstić information content (AvgIpc) is 2.11. The minimum Gasteiger partial charge on any atom is -0.310 e. The molecule has 0 saturated carbocycles. The quantitative estimate of drug-likeness (QED) is 0.519. The summed E-state index contributed by atoms with van der Waals surface area (Å²) in [7, 11) is 0. The van der Waals surface area contributed by atoms with Crippen LogP contribution in [0.25, 0.3) is 0 Å². The maximum atomic E-state index is 3.48. The second kappa shape index (κ2) is 5.43. The molecule has 1 aliphatic rings. The van der Waals surface area contributed by atoms with Gasteiger partial charge in [-0.25, -0.2) is 0 Å². The highest BCUT2D eigenvalue weighted by Crippen LogP contribution is 2.21. The third kappa shape index (κ3) is 3.51. The summed E-state index contributed by atoms with van der Waals surface area (Å²) < 4.78 is 0. The Kier molecular flexibility index (Phi) is 4.51. The van der Waals surface area contributed by atoms with Crippen molar-refractivity contribution in [3.8, 4) is 0 Å². The maximum absolute atomic E-state index is 3.48. The molecule has 0 aromatic heterocycles. The Bertz CT molecular complexity index is 172. The summed E-state index contributed by atoms with van der Waals surface area (Å²) in [6.07, 6.45) is 7.82. The molecule has 0 fully saturated rings. The number of nitrogens with one attached hydrogen (secondary N) is 1. The third-order valence-corrected chi connectivity index (χ3v) is 2.91. The molecule has 0 aliphatic carbocycles. The number of rotatable bonds is 4. The van der Waals surface area contributed by atoms with E-state index in [0.717, 1.165) is 5.92 Å². The highest BCUT2D eigenvalue weighted by molar-refractivity contribution is 5.13. The zero-order valence-corrected chi connectivity index (χ0v) is 9.27. The molecule has 1 nitrogen and oxygen atoms in total.